The van der Waals surface area contributed by atoms with Crippen molar-refractivity contribution < 1.29 is 52.4 Å². The molecular formula is C22H26N4O11. The van der Waals surface area contributed by atoms with Crippen LogP contribution < -0.4 is 0 Å². The number of esters is 5. The van der Waals surface area contributed by atoms with Crippen molar-refractivity contribution in [3.63, 3.8) is 0 Å². The molecule has 1 fully saturated rings. The van der Waals surface area contributed by atoms with Gasteiger partial charge >= 0.3 is 29.8 Å². The molecule has 0 bridgehead atoms. The highest BCUT2D eigenvalue weighted by Gasteiger charge is 2.51. The molecule has 0 aromatic carbocycles. The zero-order chi connectivity index (χ0) is 27.3. The molecule has 2 aromatic heterocycles. The lowest BCUT2D eigenvalue weighted by molar-refractivity contribution is -0.166. The van der Waals surface area contributed by atoms with E-state index < -0.39 is 60.2 Å². The first kappa shape index (κ1) is 27.4. The van der Waals surface area contributed by atoms with E-state index in [-0.39, 0.29) is 36.7 Å². The maximum Gasteiger partial charge on any atom is 0.376 e. The first-order chi connectivity index (χ1) is 17.6. The van der Waals surface area contributed by atoms with Crippen molar-refractivity contribution in [1.82, 2.24) is 19.5 Å². The van der Waals surface area contributed by atoms with Crippen LogP contribution >= 0.6 is 0 Å². The summed E-state index contributed by atoms with van der Waals surface area (Å²) in [7, 11) is 0. The summed E-state index contributed by atoms with van der Waals surface area (Å²) in [6.07, 6.45) is -3.48. The maximum atomic E-state index is 12.6. The SMILES string of the molecule is CCOC(=O)c1nc(C(=O)OCC)c2ncn([C@@H]3O[C@H](COC(C)=O)[C@@H](OC(C)=O)[C@H]3OC(C)=O)c2n1. The Morgan fingerprint density at radius 2 is 1.49 bits per heavy atom. The third kappa shape index (κ3) is 6.17. The number of ether oxygens (including phenoxy) is 6. The van der Waals surface area contributed by atoms with Crippen molar-refractivity contribution in [2.24, 2.45) is 0 Å². The van der Waals surface area contributed by atoms with Crippen LogP contribution in [0.25, 0.3) is 11.2 Å². The van der Waals surface area contributed by atoms with Gasteiger partial charge in [-0.15, -0.1) is 0 Å². The molecule has 1 saturated heterocycles. The van der Waals surface area contributed by atoms with E-state index in [1.165, 1.54) is 17.8 Å². The van der Waals surface area contributed by atoms with Gasteiger partial charge in [-0.05, 0) is 13.8 Å². The number of carbonyl (C=O) groups is 5. The molecule has 3 rings (SSSR count). The van der Waals surface area contributed by atoms with Crippen LogP contribution in [-0.4, -0.2) is 87.5 Å². The molecule has 1 aliphatic rings. The highest BCUT2D eigenvalue weighted by Crippen LogP contribution is 2.36. The molecule has 15 heteroatoms. The number of carbonyl (C=O) groups excluding carboxylic acids is 5. The van der Waals surface area contributed by atoms with Crippen LogP contribution in [-0.2, 0) is 42.8 Å². The van der Waals surface area contributed by atoms with Crippen LogP contribution in [0.2, 0.25) is 0 Å². The molecule has 2 aromatic rings. The normalized spacial score (nSPS) is 20.8. The van der Waals surface area contributed by atoms with Gasteiger partial charge in [0.05, 0.1) is 19.5 Å². The lowest BCUT2D eigenvalue weighted by Crippen LogP contribution is -2.40. The van der Waals surface area contributed by atoms with Crippen molar-refractivity contribution in [2.75, 3.05) is 19.8 Å². The number of hydrogen-bond donors (Lipinski definition) is 0. The van der Waals surface area contributed by atoms with E-state index in [9.17, 15) is 24.0 Å². The number of rotatable bonds is 9. The quantitative estimate of drug-likeness (QED) is 0.327. The lowest BCUT2D eigenvalue weighted by atomic mass is 10.1. The van der Waals surface area contributed by atoms with Crippen molar-refractivity contribution in [1.29, 1.82) is 0 Å². The van der Waals surface area contributed by atoms with Gasteiger partial charge in [-0.2, -0.15) is 0 Å². The molecular weight excluding hydrogens is 496 g/mol. The highest BCUT2D eigenvalue weighted by molar-refractivity contribution is 6.00. The Hall–Kier alpha value is -4.14. The van der Waals surface area contributed by atoms with E-state index in [1.807, 2.05) is 0 Å². The molecule has 0 spiro atoms. The average molecular weight is 522 g/mol. The number of hydrogen-bond acceptors (Lipinski definition) is 14. The van der Waals surface area contributed by atoms with E-state index >= 15 is 0 Å². The van der Waals surface area contributed by atoms with Crippen LogP contribution in [0.1, 0.15) is 62.0 Å². The van der Waals surface area contributed by atoms with Gasteiger partial charge in [-0.1, -0.05) is 0 Å². The van der Waals surface area contributed by atoms with E-state index in [0.29, 0.717) is 0 Å². The van der Waals surface area contributed by atoms with Gasteiger partial charge in [0.1, 0.15) is 18.2 Å². The fraction of sp³-hybridized carbons (Fsp3) is 0.545. The largest absolute Gasteiger partial charge is 0.463 e. The fourth-order valence-electron chi connectivity index (χ4n) is 3.65. The topological polar surface area (TPSA) is 184 Å². The molecule has 37 heavy (non-hydrogen) atoms. The zero-order valence-corrected chi connectivity index (χ0v) is 20.8. The predicted octanol–water partition coefficient (Wildman–Crippen LogP) is 0.504. The minimum atomic E-state index is -1.24. The maximum absolute atomic E-state index is 12.6. The van der Waals surface area contributed by atoms with Crippen molar-refractivity contribution in [3.05, 3.63) is 17.8 Å². The summed E-state index contributed by atoms with van der Waals surface area (Å²) in [5, 5.41) is 0. The van der Waals surface area contributed by atoms with Crippen LogP contribution in [0.15, 0.2) is 6.33 Å². The molecule has 1 aliphatic heterocycles. The standard InChI is InChI=1S/C22H26N4O11/c1-6-32-21(30)15-14-19(25-18(24-15)22(31)33-7-2)26(9-23-14)20-17(36-12(5)29)16(35-11(4)28)13(37-20)8-34-10(3)27/h9,13,16-17,20H,6-8H2,1-5H3/t13-,16-,17-,20-/m1/s1. The summed E-state index contributed by atoms with van der Waals surface area (Å²) < 4.78 is 33.1. The van der Waals surface area contributed by atoms with Crippen molar-refractivity contribution in [3.8, 4) is 0 Å². The molecule has 0 amide bonds. The Kier molecular flexibility index (Phi) is 8.70. The van der Waals surface area contributed by atoms with Gasteiger partial charge in [0.25, 0.3) is 0 Å². The van der Waals surface area contributed by atoms with Gasteiger partial charge in [-0.25, -0.2) is 24.5 Å². The van der Waals surface area contributed by atoms with E-state index in [4.69, 9.17) is 28.4 Å². The number of aromatic nitrogens is 4. The first-order valence-electron chi connectivity index (χ1n) is 11.3. The highest BCUT2D eigenvalue weighted by atomic mass is 16.7. The number of imidazole rings is 1. The smallest absolute Gasteiger partial charge is 0.376 e. The van der Waals surface area contributed by atoms with E-state index in [0.717, 1.165) is 13.8 Å². The minimum Gasteiger partial charge on any atom is -0.463 e. The third-order valence-electron chi connectivity index (χ3n) is 4.96. The molecule has 0 N–H and O–H groups in total. The molecule has 3 heterocycles. The van der Waals surface area contributed by atoms with Crippen LogP contribution in [0.5, 0.6) is 0 Å². The Labute approximate surface area is 210 Å². The van der Waals surface area contributed by atoms with E-state index in [2.05, 4.69) is 15.0 Å². The lowest BCUT2D eigenvalue weighted by Gasteiger charge is -2.23. The predicted molar refractivity (Wildman–Crippen MR) is 119 cm³/mol. The van der Waals surface area contributed by atoms with E-state index in [1.54, 1.807) is 13.8 Å². The Balaban J connectivity index is 2.16. The van der Waals surface area contributed by atoms with Crippen LogP contribution in [0.3, 0.4) is 0 Å². The van der Waals surface area contributed by atoms with Gasteiger partial charge in [0, 0.05) is 20.8 Å². The summed E-state index contributed by atoms with van der Waals surface area (Å²) in [5.74, 6) is -4.25. The molecule has 4 atom stereocenters. The summed E-state index contributed by atoms with van der Waals surface area (Å²) >= 11 is 0. The molecule has 0 radical (unpaired) electrons. The molecule has 0 aliphatic carbocycles. The van der Waals surface area contributed by atoms with Gasteiger partial charge in [0.2, 0.25) is 5.82 Å². The number of fused-ring (bicyclic) bond motifs is 1. The molecule has 15 nitrogen and oxygen atoms in total. The summed E-state index contributed by atoms with van der Waals surface area (Å²) in [5.41, 5.74) is -0.397. The van der Waals surface area contributed by atoms with Gasteiger partial charge in [0.15, 0.2) is 29.8 Å². The van der Waals surface area contributed by atoms with Gasteiger partial charge in [-0.3, -0.25) is 19.0 Å². The third-order valence-corrected chi connectivity index (χ3v) is 4.96. The zero-order valence-electron chi connectivity index (χ0n) is 20.8. The molecule has 200 valence electrons. The fourth-order valence-corrected chi connectivity index (χ4v) is 3.65. The number of nitrogens with zero attached hydrogens (tertiary/aromatic N) is 4. The summed E-state index contributed by atoms with van der Waals surface area (Å²) in [4.78, 5) is 72.5. The first-order valence-corrected chi connectivity index (χ1v) is 11.3. The van der Waals surface area contributed by atoms with Crippen molar-refractivity contribution >= 4 is 41.0 Å². The summed E-state index contributed by atoms with van der Waals surface area (Å²) in [6.45, 7) is 6.39. The van der Waals surface area contributed by atoms with Crippen LogP contribution in [0.4, 0.5) is 0 Å². The van der Waals surface area contributed by atoms with Crippen LogP contribution in [0, 0.1) is 0 Å². The minimum absolute atomic E-state index is 0.0242. The monoisotopic (exact) mass is 522 g/mol. The Morgan fingerprint density at radius 3 is 2.08 bits per heavy atom. The second kappa shape index (κ2) is 11.7. The molecule has 0 unspecified atom stereocenters. The Bertz CT molecular complexity index is 1210. The second-order valence-electron chi connectivity index (χ2n) is 7.68. The Morgan fingerprint density at radius 1 is 0.865 bits per heavy atom. The molecule has 0 saturated carbocycles. The van der Waals surface area contributed by atoms with Gasteiger partial charge < -0.3 is 28.4 Å². The average Bonchev–Trinajstić information content (AvgIpc) is 3.38. The second-order valence-corrected chi connectivity index (χ2v) is 7.68. The van der Waals surface area contributed by atoms with Crippen molar-refractivity contribution in [2.45, 2.75) is 59.2 Å². The summed E-state index contributed by atoms with van der Waals surface area (Å²) in [6, 6.07) is 0.